The Kier molecular flexibility index (Phi) is 5.82. The zero-order valence-electron chi connectivity index (χ0n) is 15.8. The molecule has 28 heavy (non-hydrogen) atoms. The van der Waals surface area contributed by atoms with Gasteiger partial charge >= 0.3 is 6.03 Å². The first kappa shape index (κ1) is 20.1. The molecule has 2 heterocycles. The first-order chi connectivity index (χ1) is 13.3. The number of rotatable bonds is 5. The lowest BCUT2D eigenvalue weighted by Crippen LogP contribution is -2.40. The predicted octanol–water partition coefficient (Wildman–Crippen LogP) is 1.12. The fourth-order valence-corrected chi connectivity index (χ4v) is 4.65. The molecule has 1 saturated heterocycles. The summed E-state index contributed by atoms with van der Waals surface area (Å²) in [6, 6.07) is 7.98. The minimum Gasteiger partial charge on any atom is -0.379 e. The number of ether oxygens (including phenoxy) is 1. The normalized spacial score (nSPS) is 15.8. The lowest BCUT2D eigenvalue weighted by Gasteiger charge is -2.26. The number of amides is 2. The van der Waals surface area contributed by atoms with Gasteiger partial charge in [-0.3, -0.25) is 0 Å². The number of nitrogens with one attached hydrogen (secondary N) is 1. The molecule has 0 atom stereocenters. The topological polar surface area (TPSA) is 119 Å². The molecule has 1 fully saturated rings. The molecule has 0 bridgehead atoms. The number of aryl methyl sites for hydroxylation is 1. The summed E-state index contributed by atoms with van der Waals surface area (Å²) in [7, 11) is -3.58. The van der Waals surface area contributed by atoms with Crippen LogP contribution in [0.25, 0.3) is 5.69 Å². The molecule has 0 radical (unpaired) electrons. The van der Waals surface area contributed by atoms with Crippen LogP contribution in [-0.2, 0) is 14.8 Å². The molecule has 1 aliphatic rings. The van der Waals surface area contributed by atoms with E-state index in [1.54, 1.807) is 18.2 Å². The molecular formula is C18H23N5O4S. The zero-order valence-corrected chi connectivity index (χ0v) is 16.6. The van der Waals surface area contributed by atoms with Gasteiger partial charge in [0.15, 0.2) is 0 Å². The number of nitrogens with two attached hydrogens (primary N) is 1. The number of sulfonamides is 1. The minimum atomic E-state index is -3.58. The minimum absolute atomic E-state index is 0.241. The molecule has 10 heteroatoms. The fourth-order valence-electron chi connectivity index (χ4n) is 3.20. The van der Waals surface area contributed by atoms with Crippen molar-refractivity contribution >= 4 is 22.3 Å². The number of carbonyl (C=O) groups excluding carboxylic acids is 1. The molecule has 3 rings (SSSR count). The molecule has 1 aliphatic heterocycles. The summed E-state index contributed by atoms with van der Waals surface area (Å²) in [6.07, 6.45) is 1.50. The smallest absolute Gasteiger partial charge is 0.332 e. The molecule has 9 nitrogen and oxygen atoms in total. The maximum absolute atomic E-state index is 12.9. The quantitative estimate of drug-likeness (QED) is 0.572. The summed E-state index contributed by atoms with van der Waals surface area (Å²) in [5.41, 5.74) is 10.4. The monoisotopic (exact) mass is 405 g/mol. The maximum atomic E-state index is 12.9. The largest absolute Gasteiger partial charge is 0.379 e. The van der Waals surface area contributed by atoms with Gasteiger partial charge < -0.3 is 15.0 Å². The van der Waals surface area contributed by atoms with Gasteiger partial charge in [-0.05, 0) is 38.1 Å². The lowest BCUT2D eigenvalue weighted by molar-refractivity contribution is 0.0730. The van der Waals surface area contributed by atoms with Crippen LogP contribution >= 0.6 is 0 Å². The second-order valence-corrected chi connectivity index (χ2v) is 8.35. The lowest BCUT2D eigenvalue weighted by atomic mass is 10.2. The Hall–Kier alpha value is -2.69. The maximum Gasteiger partial charge on any atom is 0.332 e. The van der Waals surface area contributed by atoms with Crippen molar-refractivity contribution in [3.8, 4) is 5.69 Å². The van der Waals surface area contributed by atoms with E-state index in [1.807, 2.05) is 30.5 Å². The number of primary amides is 1. The molecule has 0 aliphatic carbocycles. The van der Waals surface area contributed by atoms with E-state index in [0.29, 0.717) is 26.3 Å². The van der Waals surface area contributed by atoms with Crippen molar-refractivity contribution in [3.05, 3.63) is 47.3 Å². The van der Waals surface area contributed by atoms with Crippen molar-refractivity contribution in [3.63, 3.8) is 0 Å². The summed E-state index contributed by atoms with van der Waals surface area (Å²) >= 11 is 0. The van der Waals surface area contributed by atoms with Crippen molar-refractivity contribution in [2.75, 3.05) is 26.3 Å². The Morgan fingerprint density at radius 1 is 1.25 bits per heavy atom. The molecule has 1 aromatic heterocycles. The van der Waals surface area contributed by atoms with Crippen LogP contribution in [0.3, 0.4) is 0 Å². The van der Waals surface area contributed by atoms with Gasteiger partial charge in [-0.25, -0.2) is 18.6 Å². The average molecular weight is 405 g/mol. The number of urea groups is 1. The van der Waals surface area contributed by atoms with Crippen LogP contribution < -0.4 is 11.2 Å². The number of hydrogen-bond donors (Lipinski definition) is 2. The molecule has 2 amide bonds. The Morgan fingerprint density at radius 2 is 1.96 bits per heavy atom. The van der Waals surface area contributed by atoms with Crippen LogP contribution in [-0.4, -0.2) is 55.8 Å². The number of hydrogen-bond acceptors (Lipinski definition) is 5. The molecule has 0 saturated carbocycles. The number of morpholine rings is 1. The van der Waals surface area contributed by atoms with Gasteiger partial charge in [0.05, 0.1) is 24.3 Å². The van der Waals surface area contributed by atoms with Crippen LogP contribution in [0.5, 0.6) is 0 Å². The Bertz CT molecular complexity index is 1010. The highest BCUT2D eigenvalue weighted by molar-refractivity contribution is 7.89. The van der Waals surface area contributed by atoms with Crippen molar-refractivity contribution in [1.82, 2.24) is 14.3 Å². The number of benzene rings is 1. The van der Waals surface area contributed by atoms with Crippen LogP contribution in [0.1, 0.15) is 17.0 Å². The standard InChI is InChI=1S/C18H23N5O4S/c1-13-10-15(12-20-21-18(19)24)14(2)23(13)16-4-3-5-17(11-16)28(25,26)22-6-8-27-9-7-22/h3-5,10-12H,6-9H2,1-2H3,(H3,19,21,24)/b20-12-. The average Bonchev–Trinajstić information content (AvgIpc) is 2.96. The van der Waals surface area contributed by atoms with Crippen molar-refractivity contribution < 1.29 is 17.9 Å². The summed E-state index contributed by atoms with van der Waals surface area (Å²) < 4.78 is 34.5. The summed E-state index contributed by atoms with van der Waals surface area (Å²) in [6.45, 7) is 5.30. The third-order valence-corrected chi connectivity index (χ3v) is 6.43. The third kappa shape index (κ3) is 4.08. The van der Waals surface area contributed by atoms with E-state index in [-0.39, 0.29) is 4.90 Å². The van der Waals surface area contributed by atoms with Gasteiger partial charge in [-0.1, -0.05) is 6.07 Å². The van der Waals surface area contributed by atoms with Gasteiger partial charge in [-0.2, -0.15) is 9.41 Å². The van der Waals surface area contributed by atoms with Gasteiger partial charge in [0.2, 0.25) is 10.0 Å². The van der Waals surface area contributed by atoms with Gasteiger partial charge in [-0.15, -0.1) is 0 Å². The van der Waals surface area contributed by atoms with Gasteiger partial charge in [0, 0.05) is 35.7 Å². The van der Waals surface area contributed by atoms with E-state index in [0.717, 1.165) is 22.6 Å². The van der Waals surface area contributed by atoms with Gasteiger partial charge in [0.1, 0.15) is 0 Å². The SMILES string of the molecule is Cc1cc(/C=N\NC(N)=O)c(C)n1-c1cccc(S(=O)(=O)N2CCOCC2)c1. The zero-order chi connectivity index (χ0) is 20.3. The summed E-state index contributed by atoms with van der Waals surface area (Å²) in [4.78, 5) is 11.0. The number of carbonyl (C=O) groups is 1. The molecular weight excluding hydrogens is 382 g/mol. The number of hydrazone groups is 1. The van der Waals surface area contributed by atoms with Crippen LogP contribution in [0.2, 0.25) is 0 Å². The molecule has 0 unspecified atom stereocenters. The van der Waals surface area contributed by atoms with Crippen LogP contribution in [0.15, 0.2) is 40.3 Å². The van der Waals surface area contributed by atoms with E-state index >= 15 is 0 Å². The van der Waals surface area contributed by atoms with Crippen molar-refractivity contribution in [2.24, 2.45) is 10.8 Å². The predicted molar refractivity (Wildman–Crippen MR) is 105 cm³/mol. The second kappa shape index (κ2) is 8.13. The van der Waals surface area contributed by atoms with E-state index in [1.165, 1.54) is 10.5 Å². The number of aromatic nitrogens is 1. The molecule has 0 spiro atoms. The molecule has 1 aromatic carbocycles. The highest BCUT2D eigenvalue weighted by Crippen LogP contribution is 2.24. The van der Waals surface area contributed by atoms with E-state index in [2.05, 4.69) is 10.5 Å². The summed E-state index contributed by atoms with van der Waals surface area (Å²) in [5.74, 6) is 0. The van der Waals surface area contributed by atoms with E-state index in [9.17, 15) is 13.2 Å². The third-order valence-electron chi connectivity index (χ3n) is 4.53. The van der Waals surface area contributed by atoms with Crippen molar-refractivity contribution in [1.29, 1.82) is 0 Å². The Labute approximate surface area is 163 Å². The number of nitrogens with zero attached hydrogens (tertiary/aromatic N) is 3. The molecule has 3 N–H and O–H groups in total. The first-order valence-corrected chi connectivity index (χ1v) is 10.2. The first-order valence-electron chi connectivity index (χ1n) is 8.76. The van der Waals surface area contributed by atoms with Crippen LogP contribution in [0.4, 0.5) is 4.79 Å². The van der Waals surface area contributed by atoms with Gasteiger partial charge in [0.25, 0.3) is 0 Å². The fraction of sp³-hybridized carbons (Fsp3) is 0.333. The van der Waals surface area contributed by atoms with E-state index in [4.69, 9.17) is 10.5 Å². The molecule has 150 valence electrons. The highest BCUT2D eigenvalue weighted by Gasteiger charge is 2.26. The Morgan fingerprint density at radius 3 is 2.64 bits per heavy atom. The highest BCUT2D eigenvalue weighted by atomic mass is 32.2. The van der Waals surface area contributed by atoms with Crippen molar-refractivity contribution in [2.45, 2.75) is 18.7 Å². The second-order valence-electron chi connectivity index (χ2n) is 6.41. The summed E-state index contributed by atoms with van der Waals surface area (Å²) in [5, 5.41) is 3.79. The molecule has 2 aromatic rings. The van der Waals surface area contributed by atoms with Crippen LogP contribution in [0, 0.1) is 13.8 Å². The van der Waals surface area contributed by atoms with E-state index < -0.39 is 16.1 Å². The Balaban J connectivity index is 1.95.